The Bertz CT molecular complexity index is 1180. The molecule has 1 aromatic heterocycles. The maximum atomic E-state index is 13.6. The molecule has 1 unspecified atom stereocenters. The monoisotopic (exact) mass is 384 g/mol. The van der Waals surface area contributed by atoms with Crippen LogP contribution in [0.5, 0.6) is 0 Å². The van der Waals surface area contributed by atoms with Gasteiger partial charge in [-0.1, -0.05) is 42.5 Å². The highest BCUT2D eigenvalue weighted by molar-refractivity contribution is 5.96. The topological polar surface area (TPSA) is 59.5 Å². The molecule has 0 N–H and O–H groups in total. The number of nitrogens with zero attached hydrogens (tertiary/aromatic N) is 2. The number of rotatable bonds is 2. The number of benzene rings is 2. The normalized spacial score (nSPS) is 24.0. The molecular formula is C24H20N2O3. The fourth-order valence-corrected chi connectivity index (χ4v) is 5.04. The zero-order valence-corrected chi connectivity index (χ0v) is 15.9. The lowest BCUT2D eigenvalue weighted by molar-refractivity contribution is -0.134. The molecule has 1 saturated heterocycles. The van der Waals surface area contributed by atoms with Gasteiger partial charge in [0, 0.05) is 30.9 Å². The van der Waals surface area contributed by atoms with Crippen LogP contribution in [0.3, 0.4) is 0 Å². The SMILES string of the molecule is O=C1OC2(CCN(C(=O)C3(c4ccc5ccccc5c4)CC3)C2)c2ccncc21. The van der Waals surface area contributed by atoms with E-state index < -0.39 is 11.0 Å². The number of esters is 1. The lowest BCUT2D eigenvalue weighted by Crippen LogP contribution is -2.40. The average molecular weight is 384 g/mol. The third-order valence-corrected chi connectivity index (χ3v) is 6.80. The molecular weight excluding hydrogens is 364 g/mol. The molecule has 144 valence electrons. The number of aromatic nitrogens is 1. The minimum atomic E-state index is -0.718. The summed E-state index contributed by atoms with van der Waals surface area (Å²) in [6.45, 7) is 1.02. The molecule has 3 heterocycles. The number of hydrogen-bond donors (Lipinski definition) is 0. The Morgan fingerprint density at radius 3 is 2.69 bits per heavy atom. The van der Waals surface area contributed by atoms with Crippen LogP contribution in [-0.4, -0.2) is 34.8 Å². The molecule has 1 atom stereocenters. The van der Waals surface area contributed by atoms with E-state index in [1.165, 1.54) is 5.39 Å². The van der Waals surface area contributed by atoms with Gasteiger partial charge in [-0.25, -0.2) is 4.79 Å². The van der Waals surface area contributed by atoms with Gasteiger partial charge in [-0.05, 0) is 35.2 Å². The minimum Gasteiger partial charge on any atom is -0.449 e. The van der Waals surface area contributed by atoms with Crippen molar-refractivity contribution in [2.45, 2.75) is 30.3 Å². The van der Waals surface area contributed by atoms with E-state index in [0.29, 0.717) is 25.1 Å². The molecule has 1 saturated carbocycles. The van der Waals surface area contributed by atoms with Gasteiger partial charge in [-0.3, -0.25) is 9.78 Å². The van der Waals surface area contributed by atoms with Gasteiger partial charge in [-0.2, -0.15) is 0 Å². The van der Waals surface area contributed by atoms with E-state index >= 15 is 0 Å². The van der Waals surface area contributed by atoms with Crippen molar-refractivity contribution < 1.29 is 14.3 Å². The third kappa shape index (κ3) is 2.30. The zero-order valence-electron chi connectivity index (χ0n) is 15.9. The molecule has 1 amide bonds. The largest absolute Gasteiger partial charge is 0.449 e. The molecule has 3 aliphatic rings. The number of carbonyl (C=O) groups is 2. The summed E-state index contributed by atoms with van der Waals surface area (Å²) in [6.07, 6.45) is 5.62. The van der Waals surface area contributed by atoms with E-state index in [9.17, 15) is 9.59 Å². The summed E-state index contributed by atoms with van der Waals surface area (Å²) in [6, 6.07) is 16.4. The number of amides is 1. The minimum absolute atomic E-state index is 0.156. The van der Waals surface area contributed by atoms with Crippen LogP contribution in [0.2, 0.25) is 0 Å². The average Bonchev–Trinajstić information content (AvgIpc) is 3.39. The Kier molecular flexibility index (Phi) is 3.26. The van der Waals surface area contributed by atoms with Crippen LogP contribution in [0.1, 0.15) is 40.7 Å². The van der Waals surface area contributed by atoms with Crippen LogP contribution in [0.25, 0.3) is 10.8 Å². The number of ether oxygens (including phenoxy) is 1. The van der Waals surface area contributed by atoms with Crippen molar-refractivity contribution in [2.24, 2.45) is 0 Å². The zero-order chi connectivity index (χ0) is 19.6. The Hall–Kier alpha value is -3.21. The maximum absolute atomic E-state index is 13.6. The highest BCUT2D eigenvalue weighted by Gasteiger charge is 2.57. The first-order valence-electron chi connectivity index (χ1n) is 10.1. The van der Waals surface area contributed by atoms with Gasteiger partial charge in [0.05, 0.1) is 17.5 Å². The predicted octanol–water partition coefficient (Wildman–Crippen LogP) is 3.56. The standard InChI is InChI=1S/C24H20N2O3/c27-21-19-14-25-11-7-20(19)24(29-21)10-12-26(15-24)22(28)23(8-9-23)18-6-5-16-3-1-2-4-17(16)13-18/h1-7,11,13-14H,8-10,12,15H2. The van der Waals surface area contributed by atoms with Crippen molar-refractivity contribution in [3.05, 3.63) is 77.6 Å². The molecule has 2 fully saturated rings. The van der Waals surface area contributed by atoms with Gasteiger partial charge >= 0.3 is 5.97 Å². The number of likely N-dealkylation sites (tertiary alicyclic amines) is 1. The van der Waals surface area contributed by atoms with Crippen LogP contribution in [-0.2, 0) is 20.5 Å². The van der Waals surface area contributed by atoms with Crippen molar-refractivity contribution in [3.63, 3.8) is 0 Å². The lowest BCUT2D eigenvalue weighted by atomic mass is 9.91. The van der Waals surface area contributed by atoms with E-state index in [1.807, 2.05) is 23.1 Å². The van der Waals surface area contributed by atoms with Crippen LogP contribution in [0, 0.1) is 0 Å². The van der Waals surface area contributed by atoms with Gasteiger partial charge < -0.3 is 9.64 Å². The summed E-state index contributed by atoms with van der Waals surface area (Å²) in [5.74, 6) is -0.179. The second-order valence-corrected chi connectivity index (χ2v) is 8.43. The quantitative estimate of drug-likeness (QED) is 0.634. The van der Waals surface area contributed by atoms with Crippen LogP contribution >= 0.6 is 0 Å². The molecule has 1 aliphatic carbocycles. The molecule has 29 heavy (non-hydrogen) atoms. The van der Waals surface area contributed by atoms with E-state index in [-0.39, 0.29) is 11.9 Å². The Balaban J connectivity index is 1.31. The van der Waals surface area contributed by atoms with E-state index in [4.69, 9.17) is 4.74 Å². The summed E-state index contributed by atoms with van der Waals surface area (Å²) >= 11 is 0. The molecule has 3 aromatic rings. The lowest BCUT2D eigenvalue weighted by Gasteiger charge is -2.27. The molecule has 5 nitrogen and oxygen atoms in total. The smallest absolute Gasteiger partial charge is 0.341 e. The summed E-state index contributed by atoms with van der Waals surface area (Å²) in [5.41, 5.74) is 1.33. The van der Waals surface area contributed by atoms with Crippen molar-refractivity contribution >= 4 is 22.6 Å². The molecule has 6 rings (SSSR count). The van der Waals surface area contributed by atoms with Gasteiger partial charge in [0.15, 0.2) is 5.60 Å². The number of hydrogen-bond acceptors (Lipinski definition) is 4. The molecule has 5 heteroatoms. The van der Waals surface area contributed by atoms with Gasteiger partial charge in [0.2, 0.25) is 5.91 Å². The Morgan fingerprint density at radius 1 is 1.03 bits per heavy atom. The van der Waals surface area contributed by atoms with Crippen LogP contribution in [0.15, 0.2) is 60.9 Å². The fraction of sp³-hybridized carbons (Fsp3) is 0.292. The van der Waals surface area contributed by atoms with Crippen molar-refractivity contribution in [2.75, 3.05) is 13.1 Å². The number of pyridine rings is 1. The van der Waals surface area contributed by atoms with Crippen molar-refractivity contribution in [1.29, 1.82) is 0 Å². The van der Waals surface area contributed by atoms with E-state index in [1.54, 1.807) is 12.4 Å². The first-order chi connectivity index (χ1) is 14.1. The number of fused-ring (bicyclic) bond motifs is 3. The van der Waals surface area contributed by atoms with Crippen molar-refractivity contribution in [3.8, 4) is 0 Å². The maximum Gasteiger partial charge on any atom is 0.341 e. The van der Waals surface area contributed by atoms with E-state index in [2.05, 4.69) is 35.3 Å². The highest BCUT2D eigenvalue weighted by atomic mass is 16.6. The van der Waals surface area contributed by atoms with Crippen molar-refractivity contribution in [1.82, 2.24) is 9.88 Å². The van der Waals surface area contributed by atoms with E-state index in [0.717, 1.165) is 29.4 Å². The van der Waals surface area contributed by atoms with Crippen LogP contribution < -0.4 is 0 Å². The molecule has 0 bridgehead atoms. The third-order valence-electron chi connectivity index (χ3n) is 6.80. The van der Waals surface area contributed by atoms with Gasteiger partial charge in [0.1, 0.15) is 0 Å². The second-order valence-electron chi connectivity index (χ2n) is 8.43. The molecule has 2 aromatic carbocycles. The molecule has 2 aliphatic heterocycles. The molecule has 1 spiro atoms. The fourth-order valence-electron chi connectivity index (χ4n) is 5.04. The Labute approximate surface area is 168 Å². The molecule has 0 radical (unpaired) electrons. The summed E-state index contributed by atoms with van der Waals surface area (Å²) in [4.78, 5) is 31.8. The highest BCUT2D eigenvalue weighted by Crippen LogP contribution is 2.52. The summed E-state index contributed by atoms with van der Waals surface area (Å²) < 4.78 is 5.78. The summed E-state index contributed by atoms with van der Waals surface area (Å²) in [5, 5.41) is 2.34. The second kappa shape index (κ2) is 5.66. The summed E-state index contributed by atoms with van der Waals surface area (Å²) in [7, 11) is 0. The van der Waals surface area contributed by atoms with Crippen LogP contribution in [0.4, 0.5) is 0 Å². The first kappa shape index (κ1) is 16.7. The number of carbonyl (C=O) groups excluding carboxylic acids is 2. The Morgan fingerprint density at radius 2 is 1.86 bits per heavy atom. The van der Waals surface area contributed by atoms with Gasteiger partial charge in [-0.15, -0.1) is 0 Å². The predicted molar refractivity (Wildman–Crippen MR) is 107 cm³/mol. The first-order valence-corrected chi connectivity index (χ1v) is 10.1. The van der Waals surface area contributed by atoms with Gasteiger partial charge in [0.25, 0.3) is 0 Å².